The minimum Gasteiger partial charge on any atom is -0.507 e. The van der Waals surface area contributed by atoms with E-state index in [9.17, 15) is 24.2 Å². The molecule has 8 nitrogen and oxygen atoms in total. The summed E-state index contributed by atoms with van der Waals surface area (Å²) in [6.45, 7) is 6.09. The number of amides is 1. The molecule has 2 aromatic carbocycles. The van der Waals surface area contributed by atoms with Crippen molar-refractivity contribution in [3.05, 3.63) is 52.4 Å². The largest absolute Gasteiger partial charge is 0.507 e. The van der Waals surface area contributed by atoms with Crippen molar-refractivity contribution in [1.29, 1.82) is 0 Å². The quantitative estimate of drug-likeness (QED) is 0.433. The lowest BCUT2D eigenvalue weighted by Gasteiger charge is -2.34. The first-order valence-electron chi connectivity index (χ1n) is 11.7. The molecule has 0 spiro atoms. The van der Waals surface area contributed by atoms with Crippen molar-refractivity contribution in [2.75, 3.05) is 26.2 Å². The van der Waals surface area contributed by atoms with Crippen molar-refractivity contribution in [1.82, 2.24) is 15.0 Å². The summed E-state index contributed by atoms with van der Waals surface area (Å²) in [6, 6.07) is 6.90. The number of halogens is 2. The maximum absolute atomic E-state index is 14.9. The van der Waals surface area contributed by atoms with Gasteiger partial charge >= 0.3 is 0 Å². The Hall–Kier alpha value is -3.43. The number of piperazine rings is 1. The third-order valence-electron chi connectivity index (χ3n) is 6.29. The zero-order chi connectivity index (χ0) is 26.0. The van der Waals surface area contributed by atoms with Crippen LogP contribution in [0.15, 0.2) is 34.9 Å². The molecule has 2 heterocycles. The third kappa shape index (κ3) is 5.22. The number of nitrogens with zero attached hydrogens (tertiary/aromatic N) is 3. The van der Waals surface area contributed by atoms with Gasteiger partial charge in [0.2, 0.25) is 5.91 Å². The normalized spacial score (nSPS) is 14.3. The summed E-state index contributed by atoms with van der Waals surface area (Å²) < 4.78 is 20.4. The predicted molar refractivity (Wildman–Crippen MR) is 132 cm³/mol. The van der Waals surface area contributed by atoms with Crippen molar-refractivity contribution in [2.45, 2.75) is 33.2 Å². The summed E-state index contributed by atoms with van der Waals surface area (Å²) in [5, 5.41) is 24.3. The molecule has 0 atom stereocenters. The summed E-state index contributed by atoms with van der Waals surface area (Å²) in [4.78, 5) is 28.3. The van der Waals surface area contributed by atoms with Gasteiger partial charge in [-0.05, 0) is 30.2 Å². The molecule has 2 N–H and O–H groups in total. The lowest BCUT2D eigenvalue weighted by molar-refractivity contribution is -0.130. The van der Waals surface area contributed by atoms with Crippen molar-refractivity contribution in [2.24, 2.45) is 0 Å². The highest BCUT2D eigenvalue weighted by molar-refractivity contribution is 6.32. The van der Waals surface area contributed by atoms with Crippen LogP contribution in [0.4, 0.5) is 4.39 Å². The van der Waals surface area contributed by atoms with Gasteiger partial charge in [0.05, 0.1) is 16.1 Å². The average Bonchev–Trinajstić information content (AvgIpc) is 3.28. The van der Waals surface area contributed by atoms with Gasteiger partial charge in [0, 0.05) is 57.7 Å². The number of benzene rings is 2. The van der Waals surface area contributed by atoms with E-state index in [2.05, 4.69) is 10.1 Å². The van der Waals surface area contributed by atoms with Gasteiger partial charge in [0.15, 0.2) is 17.2 Å². The van der Waals surface area contributed by atoms with Crippen LogP contribution in [0.3, 0.4) is 0 Å². The number of ketones is 1. The molecule has 4 rings (SSSR count). The Balaban J connectivity index is 1.75. The number of carbonyl (C=O) groups excluding carboxylic acids is 2. The fourth-order valence-electron chi connectivity index (χ4n) is 4.32. The van der Waals surface area contributed by atoms with Gasteiger partial charge in [-0.1, -0.05) is 29.7 Å². The van der Waals surface area contributed by atoms with Crippen molar-refractivity contribution < 1.29 is 28.7 Å². The fourth-order valence-corrected chi connectivity index (χ4v) is 4.49. The van der Waals surface area contributed by atoms with Crippen LogP contribution in [0.25, 0.3) is 22.5 Å². The molecule has 0 aliphatic carbocycles. The predicted octanol–water partition coefficient (Wildman–Crippen LogP) is 4.86. The molecule has 1 fully saturated rings. The van der Waals surface area contributed by atoms with Crippen molar-refractivity contribution in [3.8, 4) is 33.9 Å². The molecule has 1 aliphatic rings. The Morgan fingerprint density at radius 3 is 2.50 bits per heavy atom. The monoisotopic (exact) mass is 515 g/mol. The number of hydrogen-bond acceptors (Lipinski definition) is 7. The highest BCUT2D eigenvalue weighted by atomic mass is 35.5. The zero-order valence-electron chi connectivity index (χ0n) is 20.1. The van der Waals surface area contributed by atoms with Crippen LogP contribution in [-0.2, 0) is 11.3 Å². The van der Waals surface area contributed by atoms with Crippen molar-refractivity contribution in [3.63, 3.8) is 0 Å². The Morgan fingerprint density at radius 1 is 1.11 bits per heavy atom. The first kappa shape index (κ1) is 25.7. The third-order valence-corrected chi connectivity index (χ3v) is 6.59. The van der Waals surface area contributed by atoms with Crippen LogP contribution in [0.5, 0.6) is 11.5 Å². The van der Waals surface area contributed by atoms with Gasteiger partial charge in [0.25, 0.3) is 0 Å². The summed E-state index contributed by atoms with van der Waals surface area (Å²) in [6.07, 6.45) is 0.827. The topological polar surface area (TPSA) is 107 Å². The maximum Gasteiger partial charge on any atom is 0.219 e. The first-order valence-corrected chi connectivity index (χ1v) is 12.1. The molecular weight excluding hydrogens is 489 g/mol. The Kier molecular flexibility index (Phi) is 7.61. The number of hydrogen-bond donors (Lipinski definition) is 2. The van der Waals surface area contributed by atoms with Crippen LogP contribution in [0, 0.1) is 5.82 Å². The summed E-state index contributed by atoms with van der Waals surface area (Å²) in [5.74, 6) is -1.17. The van der Waals surface area contributed by atoms with Crippen molar-refractivity contribution >= 4 is 23.3 Å². The fraction of sp³-hybridized carbons (Fsp3) is 0.346. The second-order valence-electron chi connectivity index (χ2n) is 8.82. The molecular formula is C26H27ClFN3O5. The second kappa shape index (κ2) is 10.7. The number of aromatic hydroxyl groups is 2. The second-order valence-corrected chi connectivity index (χ2v) is 9.22. The van der Waals surface area contributed by atoms with E-state index < -0.39 is 5.82 Å². The van der Waals surface area contributed by atoms with E-state index in [0.717, 1.165) is 6.07 Å². The molecule has 1 amide bonds. The van der Waals surface area contributed by atoms with Crippen LogP contribution in [-0.4, -0.2) is 63.0 Å². The number of aromatic nitrogens is 1. The molecule has 1 aliphatic heterocycles. The lowest BCUT2D eigenvalue weighted by Crippen LogP contribution is -2.47. The SMILES string of the molecule is CCCC(=O)c1noc(-c2cc(Cl)c(O)cc2O)c1-c1ccc(F)c(CN2CCN(C(C)=O)CC2)c1. The summed E-state index contributed by atoms with van der Waals surface area (Å²) >= 11 is 6.07. The highest BCUT2D eigenvalue weighted by Gasteiger charge is 2.27. The molecule has 0 radical (unpaired) electrons. The molecule has 1 saturated heterocycles. The molecule has 190 valence electrons. The molecule has 1 aromatic heterocycles. The summed E-state index contributed by atoms with van der Waals surface area (Å²) in [7, 11) is 0. The van der Waals surface area contributed by atoms with Crippen LogP contribution in [0.2, 0.25) is 5.02 Å². The standard InChI is InChI=1S/C26H27ClFN3O5/c1-3-4-21(33)25-24(26(36-29-25)18-12-19(27)23(35)13-22(18)34)16-5-6-20(28)17(11-16)14-30-7-9-31(10-8-30)15(2)32/h5-6,11-13,34-35H,3-4,7-10,14H2,1-2H3. The van der Waals surface area contributed by atoms with E-state index in [4.69, 9.17) is 16.1 Å². The number of Topliss-reactive ketones (excluding diaryl/α,β-unsaturated/α-hetero) is 1. The molecule has 0 bridgehead atoms. The minimum absolute atomic E-state index is 0.0175. The number of phenolic OH excluding ortho intramolecular Hbond substituents is 2. The van der Waals surface area contributed by atoms with E-state index in [0.29, 0.717) is 55.8 Å². The van der Waals surface area contributed by atoms with Gasteiger partial charge < -0.3 is 19.6 Å². The minimum atomic E-state index is -0.400. The Morgan fingerprint density at radius 2 is 1.83 bits per heavy atom. The Bertz CT molecular complexity index is 1300. The maximum atomic E-state index is 14.9. The van der Waals surface area contributed by atoms with E-state index in [1.54, 1.807) is 11.0 Å². The van der Waals surface area contributed by atoms with Crippen LogP contribution < -0.4 is 0 Å². The van der Waals surface area contributed by atoms with Crippen LogP contribution in [0.1, 0.15) is 42.7 Å². The molecule has 36 heavy (non-hydrogen) atoms. The van der Waals surface area contributed by atoms with Gasteiger partial charge in [0.1, 0.15) is 17.3 Å². The summed E-state index contributed by atoms with van der Waals surface area (Å²) in [5.41, 5.74) is 1.43. The van der Waals surface area contributed by atoms with Gasteiger partial charge in [-0.15, -0.1) is 0 Å². The van der Waals surface area contributed by atoms with Gasteiger partial charge in [-0.25, -0.2) is 4.39 Å². The molecule has 0 unspecified atom stereocenters. The van der Waals surface area contributed by atoms with Crippen LogP contribution >= 0.6 is 11.6 Å². The average molecular weight is 516 g/mol. The number of phenols is 2. The molecule has 0 saturated carbocycles. The first-order chi connectivity index (χ1) is 17.2. The molecule has 3 aromatic rings. The highest BCUT2D eigenvalue weighted by Crippen LogP contribution is 2.43. The zero-order valence-corrected chi connectivity index (χ0v) is 20.8. The van der Waals surface area contributed by atoms with E-state index >= 15 is 0 Å². The van der Waals surface area contributed by atoms with E-state index in [-0.39, 0.29) is 51.7 Å². The van der Waals surface area contributed by atoms with E-state index in [1.165, 1.54) is 25.1 Å². The van der Waals surface area contributed by atoms with Gasteiger partial charge in [-0.3, -0.25) is 14.5 Å². The number of rotatable bonds is 7. The van der Waals surface area contributed by atoms with Gasteiger partial charge in [-0.2, -0.15) is 0 Å². The molecule has 10 heteroatoms. The lowest BCUT2D eigenvalue weighted by atomic mass is 9.95. The Labute approximate surface area is 212 Å². The van der Waals surface area contributed by atoms with E-state index in [1.807, 2.05) is 6.92 Å². The number of carbonyl (C=O) groups is 2. The smallest absolute Gasteiger partial charge is 0.219 e.